The summed E-state index contributed by atoms with van der Waals surface area (Å²) in [5.74, 6) is -0.0893. The van der Waals surface area contributed by atoms with Gasteiger partial charge in [-0.1, -0.05) is 38.1 Å². The number of rotatable bonds is 5. The highest BCUT2D eigenvalue weighted by Crippen LogP contribution is 2.27. The van der Waals surface area contributed by atoms with Crippen LogP contribution in [0.4, 0.5) is 0 Å². The summed E-state index contributed by atoms with van der Waals surface area (Å²) in [6, 6.07) is 15.8. The van der Waals surface area contributed by atoms with Crippen LogP contribution in [0, 0.1) is 12.8 Å². The first-order chi connectivity index (χ1) is 15.9. The number of pyridine rings is 1. The molecule has 8 heteroatoms. The number of H-pyrrole nitrogens is 1. The van der Waals surface area contributed by atoms with Gasteiger partial charge in [0.2, 0.25) is 0 Å². The third kappa shape index (κ3) is 3.69. The van der Waals surface area contributed by atoms with Crippen molar-refractivity contribution in [3.63, 3.8) is 0 Å². The molecule has 5 aromatic rings. The Labute approximate surface area is 189 Å². The van der Waals surface area contributed by atoms with Crippen LogP contribution in [-0.2, 0) is 0 Å². The summed E-state index contributed by atoms with van der Waals surface area (Å²) < 4.78 is 7.18. The van der Waals surface area contributed by atoms with Gasteiger partial charge in [0.15, 0.2) is 11.4 Å². The molecule has 5 rings (SSSR count). The molecule has 1 aromatic carbocycles. The van der Waals surface area contributed by atoms with E-state index in [1.54, 1.807) is 12.3 Å². The van der Waals surface area contributed by atoms with E-state index < -0.39 is 6.04 Å². The zero-order valence-electron chi connectivity index (χ0n) is 18.5. The highest BCUT2D eigenvalue weighted by molar-refractivity contribution is 5.99. The maximum Gasteiger partial charge on any atom is 0.287 e. The number of amides is 1. The van der Waals surface area contributed by atoms with E-state index in [2.05, 4.69) is 20.4 Å². The van der Waals surface area contributed by atoms with Gasteiger partial charge in [-0.3, -0.25) is 19.7 Å². The number of hydrogen-bond donors (Lipinski definition) is 2. The van der Waals surface area contributed by atoms with Crippen molar-refractivity contribution in [3.05, 3.63) is 88.2 Å². The molecule has 0 unspecified atom stereocenters. The summed E-state index contributed by atoms with van der Waals surface area (Å²) in [6.07, 6.45) is 1.69. The fourth-order valence-corrected chi connectivity index (χ4v) is 4.00. The van der Waals surface area contributed by atoms with Crippen LogP contribution in [0.1, 0.15) is 41.7 Å². The normalized spacial score (nSPS) is 12.5. The Hall–Kier alpha value is -4.20. The summed E-state index contributed by atoms with van der Waals surface area (Å²) in [5, 5.41) is 6.96. The van der Waals surface area contributed by atoms with Crippen LogP contribution >= 0.6 is 0 Å². The Kier molecular flexibility index (Phi) is 5.05. The second kappa shape index (κ2) is 8.05. The summed E-state index contributed by atoms with van der Waals surface area (Å²) in [4.78, 5) is 35.0. The maximum absolute atomic E-state index is 13.1. The molecule has 4 heterocycles. The number of benzene rings is 1. The first-order valence-corrected chi connectivity index (χ1v) is 10.8. The smallest absolute Gasteiger partial charge is 0.287 e. The molecule has 166 valence electrons. The number of hydrogen-bond acceptors (Lipinski definition) is 5. The van der Waals surface area contributed by atoms with Crippen molar-refractivity contribution in [3.8, 4) is 11.4 Å². The SMILES string of the molecule is Cc1c(C(=O)N[C@@H](c2cc(=O)n3[nH]c(-c4ccccn4)cc3n2)C(C)C)oc2ccccc12. The molecule has 0 bridgehead atoms. The van der Waals surface area contributed by atoms with Crippen LogP contribution in [0.2, 0.25) is 0 Å². The number of carbonyl (C=O) groups excluding carboxylic acids is 1. The molecule has 0 radical (unpaired) electrons. The average Bonchev–Trinajstić information content (AvgIpc) is 3.40. The quantitative estimate of drug-likeness (QED) is 0.424. The van der Waals surface area contributed by atoms with Gasteiger partial charge in [0.1, 0.15) is 5.58 Å². The first-order valence-electron chi connectivity index (χ1n) is 10.8. The standard InChI is InChI=1S/C25H23N5O3/c1-14(2)23(28-25(32)24-15(3)16-8-4-5-10-20(16)33-24)19-13-22(31)30-21(27-19)12-18(29-30)17-9-6-7-11-26-17/h4-14,23,29H,1-3H3,(H,28,32)/t23-/m1/s1. The predicted molar refractivity (Wildman–Crippen MR) is 125 cm³/mol. The van der Waals surface area contributed by atoms with Gasteiger partial charge in [-0.25, -0.2) is 9.50 Å². The summed E-state index contributed by atoms with van der Waals surface area (Å²) in [5.41, 5.74) is 3.50. The Morgan fingerprint density at radius 1 is 1.12 bits per heavy atom. The second-order valence-electron chi connectivity index (χ2n) is 8.35. The number of furan rings is 1. The zero-order valence-corrected chi connectivity index (χ0v) is 18.5. The van der Waals surface area contributed by atoms with Gasteiger partial charge in [-0.2, -0.15) is 0 Å². The Morgan fingerprint density at radius 2 is 1.91 bits per heavy atom. The lowest BCUT2D eigenvalue weighted by Crippen LogP contribution is -2.33. The fraction of sp³-hybridized carbons (Fsp3) is 0.200. The van der Waals surface area contributed by atoms with Gasteiger partial charge >= 0.3 is 0 Å². The number of carbonyl (C=O) groups is 1. The lowest BCUT2D eigenvalue weighted by Gasteiger charge is -2.21. The van der Waals surface area contributed by atoms with E-state index in [1.165, 1.54) is 10.6 Å². The van der Waals surface area contributed by atoms with Crippen LogP contribution in [0.15, 0.2) is 70.0 Å². The number of aryl methyl sites for hydroxylation is 1. The molecular formula is C25H23N5O3. The number of aromatic nitrogens is 4. The van der Waals surface area contributed by atoms with E-state index >= 15 is 0 Å². The van der Waals surface area contributed by atoms with Crippen molar-refractivity contribution in [1.82, 2.24) is 24.9 Å². The third-order valence-electron chi connectivity index (χ3n) is 5.73. The topological polar surface area (TPSA) is 105 Å². The Bertz CT molecular complexity index is 1530. The minimum Gasteiger partial charge on any atom is -0.451 e. The predicted octanol–water partition coefficient (Wildman–Crippen LogP) is 4.27. The first kappa shape index (κ1) is 20.7. The summed E-state index contributed by atoms with van der Waals surface area (Å²) >= 11 is 0. The molecule has 1 atom stereocenters. The van der Waals surface area contributed by atoms with E-state index in [4.69, 9.17) is 4.42 Å². The van der Waals surface area contributed by atoms with Gasteiger partial charge in [-0.05, 0) is 31.0 Å². The van der Waals surface area contributed by atoms with Crippen molar-refractivity contribution >= 4 is 22.5 Å². The minimum atomic E-state index is -0.476. The number of aromatic amines is 1. The number of nitrogens with zero attached hydrogens (tertiary/aromatic N) is 3. The fourth-order valence-electron chi connectivity index (χ4n) is 4.00. The number of fused-ring (bicyclic) bond motifs is 2. The molecular weight excluding hydrogens is 418 g/mol. The zero-order chi connectivity index (χ0) is 23.1. The molecule has 1 amide bonds. The van der Waals surface area contributed by atoms with Crippen LogP contribution in [0.25, 0.3) is 28.0 Å². The van der Waals surface area contributed by atoms with Gasteiger partial charge in [0.25, 0.3) is 11.5 Å². The molecule has 0 fully saturated rings. The Balaban J connectivity index is 1.51. The van der Waals surface area contributed by atoms with E-state index in [0.29, 0.717) is 28.3 Å². The van der Waals surface area contributed by atoms with Crippen molar-refractivity contribution in [2.75, 3.05) is 0 Å². The molecule has 2 N–H and O–H groups in total. The molecule has 0 aliphatic carbocycles. The largest absolute Gasteiger partial charge is 0.451 e. The van der Waals surface area contributed by atoms with E-state index in [-0.39, 0.29) is 23.1 Å². The maximum atomic E-state index is 13.1. The van der Waals surface area contributed by atoms with Gasteiger partial charge in [0, 0.05) is 29.3 Å². The van der Waals surface area contributed by atoms with Crippen molar-refractivity contribution in [1.29, 1.82) is 0 Å². The van der Waals surface area contributed by atoms with Crippen LogP contribution in [0.5, 0.6) is 0 Å². The second-order valence-corrected chi connectivity index (χ2v) is 8.35. The Morgan fingerprint density at radius 3 is 2.64 bits per heavy atom. The average molecular weight is 441 g/mol. The summed E-state index contributed by atoms with van der Waals surface area (Å²) in [6.45, 7) is 5.80. The van der Waals surface area contributed by atoms with Crippen molar-refractivity contribution < 1.29 is 9.21 Å². The molecule has 33 heavy (non-hydrogen) atoms. The highest BCUT2D eigenvalue weighted by Gasteiger charge is 2.25. The minimum absolute atomic E-state index is 0.0119. The number of nitrogens with one attached hydrogen (secondary N) is 2. The molecule has 0 aliphatic rings. The lowest BCUT2D eigenvalue weighted by atomic mass is 10.00. The van der Waals surface area contributed by atoms with E-state index in [1.807, 2.05) is 63.2 Å². The summed E-state index contributed by atoms with van der Waals surface area (Å²) in [7, 11) is 0. The van der Waals surface area contributed by atoms with Gasteiger partial charge in [0.05, 0.1) is 23.1 Å². The molecule has 0 aliphatic heterocycles. The lowest BCUT2D eigenvalue weighted by molar-refractivity contribution is 0.0897. The highest BCUT2D eigenvalue weighted by atomic mass is 16.3. The van der Waals surface area contributed by atoms with Crippen LogP contribution in [0.3, 0.4) is 0 Å². The molecule has 8 nitrogen and oxygen atoms in total. The van der Waals surface area contributed by atoms with Crippen LogP contribution < -0.4 is 10.9 Å². The molecule has 4 aromatic heterocycles. The van der Waals surface area contributed by atoms with E-state index in [0.717, 1.165) is 10.9 Å². The monoisotopic (exact) mass is 441 g/mol. The van der Waals surface area contributed by atoms with Crippen LogP contribution in [-0.4, -0.2) is 25.5 Å². The van der Waals surface area contributed by atoms with Crippen molar-refractivity contribution in [2.45, 2.75) is 26.8 Å². The van der Waals surface area contributed by atoms with Gasteiger partial charge in [-0.15, -0.1) is 0 Å². The molecule has 0 saturated heterocycles. The molecule has 0 spiro atoms. The molecule has 0 saturated carbocycles. The van der Waals surface area contributed by atoms with Gasteiger partial charge < -0.3 is 9.73 Å². The van der Waals surface area contributed by atoms with Crippen molar-refractivity contribution in [2.24, 2.45) is 5.92 Å². The van der Waals surface area contributed by atoms with E-state index in [9.17, 15) is 9.59 Å². The third-order valence-corrected chi connectivity index (χ3v) is 5.73. The number of para-hydroxylation sites is 1.